The monoisotopic (exact) mass is 291 g/mol. The van der Waals surface area contributed by atoms with Crippen LogP contribution in [-0.2, 0) is 6.42 Å². The molecule has 3 rings (SSSR count). The lowest BCUT2D eigenvalue weighted by atomic mass is 9.83. The molecular formula is C18H26FNO. The Balaban J connectivity index is 1.51. The van der Waals surface area contributed by atoms with Gasteiger partial charge in [-0.05, 0) is 43.4 Å². The fraction of sp³-hybridized carbons (Fsp3) is 0.667. The van der Waals surface area contributed by atoms with Crippen LogP contribution >= 0.6 is 0 Å². The van der Waals surface area contributed by atoms with Gasteiger partial charge >= 0.3 is 0 Å². The fourth-order valence-corrected chi connectivity index (χ4v) is 3.87. The number of hydrogen-bond donors (Lipinski definition) is 1. The van der Waals surface area contributed by atoms with Crippen LogP contribution in [0.4, 0.5) is 4.39 Å². The standard InChI is InChI=1S/C18H26FNO/c1-2-17(13-6-4-3-5-7-13)20-12-16-11-14-10-15(19)8-9-18(14)21-16/h8-10,13,16-17,20H,2-7,11-12H2,1H3. The van der Waals surface area contributed by atoms with Crippen molar-refractivity contribution in [3.8, 4) is 5.75 Å². The van der Waals surface area contributed by atoms with Gasteiger partial charge in [-0.25, -0.2) is 4.39 Å². The molecule has 0 bridgehead atoms. The summed E-state index contributed by atoms with van der Waals surface area (Å²) in [6.07, 6.45) is 9.05. The van der Waals surface area contributed by atoms with Gasteiger partial charge in [-0.2, -0.15) is 0 Å². The zero-order valence-electron chi connectivity index (χ0n) is 12.9. The quantitative estimate of drug-likeness (QED) is 0.882. The van der Waals surface area contributed by atoms with E-state index in [1.54, 1.807) is 12.1 Å². The molecule has 0 saturated heterocycles. The lowest BCUT2D eigenvalue weighted by Gasteiger charge is -2.31. The van der Waals surface area contributed by atoms with Crippen molar-refractivity contribution in [2.75, 3.05) is 6.54 Å². The molecule has 0 aromatic heterocycles. The number of ether oxygens (including phenoxy) is 1. The van der Waals surface area contributed by atoms with Gasteiger partial charge in [0.1, 0.15) is 17.7 Å². The van der Waals surface area contributed by atoms with E-state index < -0.39 is 0 Å². The van der Waals surface area contributed by atoms with Gasteiger partial charge in [-0.1, -0.05) is 26.2 Å². The van der Waals surface area contributed by atoms with E-state index >= 15 is 0 Å². The van der Waals surface area contributed by atoms with Crippen molar-refractivity contribution in [3.05, 3.63) is 29.6 Å². The van der Waals surface area contributed by atoms with E-state index in [0.29, 0.717) is 6.04 Å². The Morgan fingerprint density at radius 1 is 1.29 bits per heavy atom. The number of nitrogens with one attached hydrogen (secondary N) is 1. The Morgan fingerprint density at radius 2 is 2.10 bits per heavy atom. The lowest BCUT2D eigenvalue weighted by molar-refractivity contribution is 0.197. The maximum Gasteiger partial charge on any atom is 0.123 e. The molecule has 3 heteroatoms. The summed E-state index contributed by atoms with van der Waals surface area (Å²) in [6, 6.07) is 5.44. The summed E-state index contributed by atoms with van der Waals surface area (Å²) >= 11 is 0. The van der Waals surface area contributed by atoms with Crippen molar-refractivity contribution >= 4 is 0 Å². The van der Waals surface area contributed by atoms with Crippen LogP contribution < -0.4 is 10.1 Å². The summed E-state index contributed by atoms with van der Waals surface area (Å²) in [6.45, 7) is 3.14. The molecule has 1 aromatic carbocycles. The first-order valence-corrected chi connectivity index (χ1v) is 8.44. The molecule has 116 valence electrons. The first-order chi connectivity index (χ1) is 10.3. The largest absolute Gasteiger partial charge is 0.488 e. The van der Waals surface area contributed by atoms with Gasteiger partial charge < -0.3 is 10.1 Å². The third-order valence-corrected chi connectivity index (χ3v) is 5.03. The number of rotatable bonds is 5. The molecule has 1 aliphatic carbocycles. The average Bonchev–Trinajstić information content (AvgIpc) is 2.91. The van der Waals surface area contributed by atoms with Crippen molar-refractivity contribution in [2.45, 2.75) is 64.0 Å². The molecular weight excluding hydrogens is 265 g/mol. The second kappa shape index (κ2) is 6.78. The van der Waals surface area contributed by atoms with Crippen molar-refractivity contribution in [1.29, 1.82) is 0 Å². The van der Waals surface area contributed by atoms with Gasteiger partial charge in [0.25, 0.3) is 0 Å². The number of benzene rings is 1. The van der Waals surface area contributed by atoms with E-state index in [1.165, 1.54) is 44.6 Å². The highest BCUT2D eigenvalue weighted by Crippen LogP contribution is 2.30. The van der Waals surface area contributed by atoms with Gasteiger partial charge in [0.2, 0.25) is 0 Å². The smallest absolute Gasteiger partial charge is 0.123 e. The molecule has 0 radical (unpaired) electrons. The van der Waals surface area contributed by atoms with Crippen LogP contribution in [0.1, 0.15) is 51.0 Å². The summed E-state index contributed by atoms with van der Waals surface area (Å²) in [5.74, 6) is 1.51. The maximum absolute atomic E-state index is 13.2. The van der Waals surface area contributed by atoms with Crippen LogP contribution in [-0.4, -0.2) is 18.7 Å². The second-order valence-corrected chi connectivity index (χ2v) is 6.52. The molecule has 2 unspecified atom stereocenters. The Hall–Kier alpha value is -1.09. The third-order valence-electron chi connectivity index (χ3n) is 5.03. The van der Waals surface area contributed by atoms with Crippen molar-refractivity contribution in [2.24, 2.45) is 5.92 Å². The van der Waals surface area contributed by atoms with E-state index in [0.717, 1.165) is 30.2 Å². The topological polar surface area (TPSA) is 21.3 Å². The van der Waals surface area contributed by atoms with Gasteiger partial charge in [-0.3, -0.25) is 0 Å². The van der Waals surface area contributed by atoms with Crippen LogP contribution in [0.15, 0.2) is 18.2 Å². The van der Waals surface area contributed by atoms with E-state index in [9.17, 15) is 4.39 Å². The molecule has 2 nitrogen and oxygen atoms in total. The highest BCUT2D eigenvalue weighted by atomic mass is 19.1. The van der Waals surface area contributed by atoms with Crippen molar-refractivity contribution < 1.29 is 9.13 Å². The average molecular weight is 291 g/mol. The molecule has 1 fully saturated rings. The predicted octanol–water partition coefficient (Wildman–Crippen LogP) is 4.08. The molecule has 0 amide bonds. The molecule has 1 heterocycles. The third kappa shape index (κ3) is 3.57. The first-order valence-electron chi connectivity index (χ1n) is 8.44. The molecule has 2 atom stereocenters. The molecule has 1 saturated carbocycles. The Labute approximate surface area is 127 Å². The summed E-state index contributed by atoms with van der Waals surface area (Å²) in [5.41, 5.74) is 1.01. The number of halogens is 1. The van der Waals surface area contributed by atoms with Gasteiger partial charge in [0, 0.05) is 24.6 Å². The summed E-state index contributed by atoms with van der Waals surface area (Å²) in [4.78, 5) is 0. The van der Waals surface area contributed by atoms with Crippen molar-refractivity contribution in [3.63, 3.8) is 0 Å². The molecule has 1 aromatic rings. The molecule has 0 spiro atoms. The lowest BCUT2D eigenvalue weighted by Crippen LogP contribution is -2.42. The minimum Gasteiger partial charge on any atom is -0.488 e. The van der Waals surface area contributed by atoms with Crippen molar-refractivity contribution in [1.82, 2.24) is 5.32 Å². The fourth-order valence-electron chi connectivity index (χ4n) is 3.87. The van der Waals surface area contributed by atoms with E-state index in [2.05, 4.69) is 12.2 Å². The van der Waals surface area contributed by atoms with Crippen LogP contribution in [0.5, 0.6) is 5.75 Å². The first kappa shape index (κ1) is 14.8. The van der Waals surface area contributed by atoms with Crippen LogP contribution in [0.3, 0.4) is 0 Å². The minimum absolute atomic E-state index is 0.152. The Kier molecular flexibility index (Phi) is 4.79. The Morgan fingerprint density at radius 3 is 2.86 bits per heavy atom. The van der Waals surface area contributed by atoms with E-state index in [1.807, 2.05) is 0 Å². The second-order valence-electron chi connectivity index (χ2n) is 6.52. The van der Waals surface area contributed by atoms with E-state index in [4.69, 9.17) is 4.74 Å². The SMILES string of the molecule is CCC(NCC1Cc2cc(F)ccc2O1)C1CCCCC1. The van der Waals surface area contributed by atoms with E-state index in [-0.39, 0.29) is 11.9 Å². The molecule has 21 heavy (non-hydrogen) atoms. The molecule has 2 aliphatic rings. The highest BCUT2D eigenvalue weighted by Gasteiger charge is 2.26. The zero-order chi connectivity index (χ0) is 14.7. The van der Waals surface area contributed by atoms with Gasteiger partial charge in [-0.15, -0.1) is 0 Å². The highest BCUT2D eigenvalue weighted by molar-refractivity contribution is 5.37. The summed E-state index contributed by atoms with van der Waals surface area (Å²) < 4.78 is 19.1. The van der Waals surface area contributed by atoms with Gasteiger partial charge in [0.05, 0.1) is 0 Å². The molecule has 1 N–H and O–H groups in total. The van der Waals surface area contributed by atoms with Gasteiger partial charge in [0.15, 0.2) is 0 Å². The van der Waals surface area contributed by atoms with Crippen LogP contribution in [0, 0.1) is 11.7 Å². The Bertz CT molecular complexity index is 470. The molecule has 1 aliphatic heterocycles. The number of hydrogen-bond acceptors (Lipinski definition) is 2. The summed E-state index contributed by atoms with van der Waals surface area (Å²) in [5, 5.41) is 3.71. The van der Waals surface area contributed by atoms with Crippen LogP contribution in [0.25, 0.3) is 0 Å². The summed E-state index contributed by atoms with van der Waals surface area (Å²) in [7, 11) is 0. The minimum atomic E-state index is -0.167. The maximum atomic E-state index is 13.2. The normalized spacial score (nSPS) is 23.6. The zero-order valence-corrected chi connectivity index (χ0v) is 12.9. The predicted molar refractivity (Wildman–Crippen MR) is 83.2 cm³/mol. The number of fused-ring (bicyclic) bond motifs is 1. The van der Waals surface area contributed by atoms with Crippen LogP contribution in [0.2, 0.25) is 0 Å².